The van der Waals surface area contributed by atoms with Gasteiger partial charge < -0.3 is 27.8 Å². The first kappa shape index (κ1) is 27.6. The summed E-state index contributed by atoms with van der Waals surface area (Å²) in [4.78, 5) is 38.7. The lowest BCUT2D eigenvalue weighted by molar-refractivity contribution is -0.137. The Morgan fingerprint density at radius 1 is 0.838 bits per heavy atom. The van der Waals surface area contributed by atoms with Crippen molar-refractivity contribution in [1.82, 2.24) is 10.6 Å². The van der Waals surface area contributed by atoms with Crippen molar-refractivity contribution in [2.75, 3.05) is 6.54 Å². The maximum absolute atomic E-state index is 14.1. The number of amides is 3. The van der Waals surface area contributed by atoms with Gasteiger partial charge in [-0.3, -0.25) is 9.59 Å². The number of primary amides is 1. The molecule has 8 heteroatoms. The van der Waals surface area contributed by atoms with E-state index in [9.17, 15) is 14.4 Å². The first-order valence-corrected chi connectivity index (χ1v) is 12.3. The molecule has 0 heterocycles. The molecule has 0 bridgehead atoms. The van der Waals surface area contributed by atoms with Crippen molar-refractivity contribution in [3.05, 3.63) is 107 Å². The van der Waals surface area contributed by atoms with Crippen molar-refractivity contribution in [3.63, 3.8) is 0 Å². The van der Waals surface area contributed by atoms with Crippen molar-refractivity contribution in [1.29, 1.82) is 0 Å². The van der Waals surface area contributed by atoms with Gasteiger partial charge in [0, 0.05) is 6.54 Å². The second-order valence-electron chi connectivity index (χ2n) is 9.14. The summed E-state index contributed by atoms with van der Waals surface area (Å²) in [6.07, 6.45) is 0.538. The maximum Gasteiger partial charge on any atom is 0.312 e. The van der Waals surface area contributed by atoms with Crippen LogP contribution in [-0.2, 0) is 16.1 Å². The van der Waals surface area contributed by atoms with Crippen LogP contribution >= 0.6 is 0 Å². The molecule has 0 aliphatic carbocycles. The third-order valence-electron chi connectivity index (χ3n) is 6.44. The zero-order valence-electron chi connectivity index (χ0n) is 21.0. The number of carbonyl (C=O) groups excluding carboxylic acids is 3. The van der Waals surface area contributed by atoms with E-state index in [0.29, 0.717) is 19.5 Å². The molecule has 194 valence electrons. The zero-order valence-corrected chi connectivity index (χ0v) is 21.0. The maximum atomic E-state index is 14.1. The third kappa shape index (κ3) is 7.03. The van der Waals surface area contributed by atoms with Crippen LogP contribution in [0.2, 0.25) is 0 Å². The van der Waals surface area contributed by atoms with Gasteiger partial charge in [-0.25, -0.2) is 4.79 Å². The largest absolute Gasteiger partial charge is 0.352 e. The van der Waals surface area contributed by atoms with Gasteiger partial charge in [-0.1, -0.05) is 84.9 Å². The quantitative estimate of drug-likeness (QED) is 0.242. The van der Waals surface area contributed by atoms with Crippen LogP contribution in [0.15, 0.2) is 84.9 Å². The number of carbonyl (C=O) groups is 3. The lowest BCUT2D eigenvalue weighted by atomic mass is 9.76. The molecule has 0 radical (unpaired) electrons. The summed E-state index contributed by atoms with van der Waals surface area (Å²) >= 11 is 0. The highest BCUT2D eigenvalue weighted by molar-refractivity contribution is 6.14. The molecule has 0 saturated heterocycles. The van der Waals surface area contributed by atoms with E-state index in [0.717, 1.165) is 22.3 Å². The average Bonchev–Trinajstić information content (AvgIpc) is 2.92. The van der Waals surface area contributed by atoms with E-state index in [4.69, 9.17) is 17.2 Å². The Labute approximate surface area is 217 Å². The highest BCUT2D eigenvalue weighted by atomic mass is 16.2. The lowest BCUT2D eigenvalue weighted by Gasteiger charge is -2.32. The number of rotatable bonds is 12. The summed E-state index contributed by atoms with van der Waals surface area (Å²) in [5, 5.41) is 5.48. The Morgan fingerprint density at radius 2 is 1.38 bits per heavy atom. The second-order valence-corrected chi connectivity index (χ2v) is 9.14. The van der Waals surface area contributed by atoms with E-state index < -0.39 is 29.4 Å². The lowest BCUT2D eigenvalue weighted by Crippen LogP contribution is -2.61. The fourth-order valence-corrected chi connectivity index (χ4v) is 4.30. The number of nitrogens with two attached hydrogens (primary N) is 3. The summed E-state index contributed by atoms with van der Waals surface area (Å²) in [5.41, 5.74) is 19.0. The van der Waals surface area contributed by atoms with Gasteiger partial charge in [-0.15, -0.1) is 0 Å². The Hall–Kier alpha value is -4.01. The van der Waals surface area contributed by atoms with Crippen LogP contribution in [0.4, 0.5) is 4.79 Å². The standard InChI is InChI=1S/C29H35N5O3/c1-20(22-15-13-21(14-16-22)19-33-28(31)37)34-27(36)29(32,17-8-18-30)26(35)25(23-9-4-2-5-10-23)24-11-6-3-7-12-24/h2-7,9-16,20,25H,8,17-19,30,32H2,1H3,(H,34,36)(H3,31,33,37)/t20-,29+/m0/s1. The third-order valence-corrected chi connectivity index (χ3v) is 6.44. The van der Waals surface area contributed by atoms with Gasteiger partial charge in [0.05, 0.1) is 12.0 Å². The predicted octanol–water partition coefficient (Wildman–Crippen LogP) is 2.87. The van der Waals surface area contributed by atoms with Crippen LogP contribution in [0.5, 0.6) is 0 Å². The average molecular weight is 502 g/mol. The van der Waals surface area contributed by atoms with E-state index in [1.165, 1.54) is 0 Å². The van der Waals surface area contributed by atoms with Crippen LogP contribution in [0.25, 0.3) is 0 Å². The van der Waals surface area contributed by atoms with Gasteiger partial charge in [0.2, 0.25) is 5.91 Å². The highest BCUT2D eigenvalue weighted by Crippen LogP contribution is 2.31. The molecule has 3 aromatic rings. The SMILES string of the molecule is C[C@H](NC(=O)[C@@](N)(CCCN)C(=O)C(c1ccccc1)c1ccccc1)c1ccc(CNC(N)=O)cc1. The van der Waals surface area contributed by atoms with Crippen molar-refractivity contribution in [2.24, 2.45) is 17.2 Å². The number of urea groups is 1. The molecule has 37 heavy (non-hydrogen) atoms. The Kier molecular flexibility index (Phi) is 9.54. The summed E-state index contributed by atoms with van der Waals surface area (Å²) in [6.45, 7) is 2.43. The minimum Gasteiger partial charge on any atom is -0.352 e. The molecular formula is C29H35N5O3. The monoisotopic (exact) mass is 501 g/mol. The number of hydrogen-bond acceptors (Lipinski definition) is 5. The Balaban J connectivity index is 1.87. The van der Waals surface area contributed by atoms with E-state index in [2.05, 4.69) is 10.6 Å². The number of benzene rings is 3. The van der Waals surface area contributed by atoms with E-state index in [1.54, 1.807) is 0 Å². The van der Waals surface area contributed by atoms with E-state index >= 15 is 0 Å². The van der Waals surface area contributed by atoms with Crippen molar-refractivity contribution < 1.29 is 14.4 Å². The summed E-state index contributed by atoms with van der Waals surface area (Å²) in [7, 11) is 0. The Morgan fingerprint density at radius 3 is 1.86 bits per heavy atom. The van der Waals surface area contributed by atoms with Crippen LogP contribution in [-0.4, -0.2) is 29.8 Å². The molecule has 3 amide bonds. The molecule has 0 fully saturated rings. The summed E-state index contributed by atoms with van der Waals surface area (Å²) in [6, 6.07) is 25.0. The number of nitrogens with one attached hydrogen (secondary N) is 2. The van der Waals surface area contributed by atoms with Crippen molar-refractivity contribution >= 4 is 17.7 Å². The van der Waals surface area contributed by atoms with Gasteiger partial charge in [0.1, 0.15) is 0 Å². The van der Waals surface area contributed by atoms with Gasteiger partial charge in [0.25, 0.3) is 0 Å². The molecule has 8 nitrogen and oxygen atoms in total. The molecule has 0 unspecified atom stereocenters. The highest BCUT2D eigenvalue weighted by Gasteiger charge is 2.45. The molecular weight excluding hydrogens is 466 g/mol. The number of hydrogen-bond donors (Lipinski definition) is 5. The normalized spacial score (nSPS) is 13.4. The fourth-order valence-electron chi connectivity index (χ4n) is 4.30. The van der Waals surface area contributed by atoms with Crippen molar-refractivity contribution in [3.8, 4) is 0 Å². The Bertz CT molecular complexity index is 1150. The van der Waals surface area contributed by atoms with Crippen LogP contribution in [0.1, 0.15) is 54.0 Å². The minimum atomic E-state index is -1.78. The predicted molar refractivity (Wildman–Crippen MR) is 144 cm³/mol. The van der Waals surface area contributed by atoms with E-state index in [1.807, 2.05) is 91.9 Å². The van der Waals surface area contributed by atoms with E-state index in [-0.39, 0.29) is 12.2 Å². The fraction of sp³-hybridized carbons (Fsp3) is 0.276. The number of Topliss-reactive ketones (excluding diaryl/α,β-unsaturated/α-hetero) is 1. The van der Waals surface area contributed by atoms with Crippen molar-refractivity contribution in [2.45, 2.75) is 43.8 Å². The second kappa shape index (κ2) is 12.8. The summed E-state index contributed by atoms with van der Waals surface area (Å²) in [5.74, 6) is -1.63. The molecule has 2 atom stereocenters. The molecule has 8 N–H and O–H groups in total. The smallest absolute Gasteiger partial charge is 0.312 e. The molecule has 0 saturated carbocycles. The van der Waals surface area contributed by atoms with Gasteiger partial charge in [0.15, 0.2) is 11.3 Å². The number of ketones is 1. The van der Waals surface area contributed by atoms with Gasteiger partial charge in [-0.05, 0) is 48.6 Å². The first-order valence-electron chi connectivity index (χ1n) is 12.3. The molecule has 0 aromatic heterocycles. The van der Waals surface area contributed by atoms with Crippen LogP contribution < -0.4 is 27.8 Å². The molecule has 0 aliphatic heterocycles. The first-order chi connectivity index (χ1) is 17.8. The molecule has 3 aromatic carbocycles. The minimum absolute atomic E-state index is 0.120. The zero-order chi connectivity index (χ0) is 26.8. The molecule has 0 spiro atoms. The summed E-state index contributed by atoms with van der Waals surface area (Å²) < 4.78 is 0. The topological polar surface area (TPSA) is 153 Å². The van der Waals surface area contributed by atoms with Crippen LogP contribution in [0, 0.1) is 0 Å². The van der Waals surface area contributed by atoms with Gasteiger partial charge in [-0.2, -0.15) is 0 Å². The molecule has 3 rings (SSSR count). The van der Waals surface area contributed by atoms with Crippen LogP contribution in [0.3, 0.4) is 0 Å². The van der Waals surface area contributed by atoms with Gasteiger partial charge >= 0.3 is 6.03 Å². The molecule has 0 aliphatic rings.